The highest BCUT2D eigenvalue weighted by Crippen LogP contribution is 2.34. The van der Waals surface area contributed by atoms with Gasteiger partial charge in [0.2, 0.25) is 0 Å². The molecule has 1 aromatic rings. The van der Waals surface area contributed by atoms with E-state index in [4.69, 9.17) is 0 Å². The first-order valence-corrected chi connectivity index (χ1v) is 7.96. The van der Waals surface area contributed by atoms with Crippen LogP contribution in [0.25, 0.3) is 0 Å². The molecule has 1 heterocycles. The van der Waals surface area contributed by atoms with Gasteiger partial charge in [-0.1, -0.05) is 32.6 Å². The molecule has 1 saturated carbocycles. The van der Waals surface area contributed by atoms with Gasteiger partial charge < -0.3 is 5.32 Å². The Kier molecular flexibility index (Phi) is 5.84. The van der Waals surface area contributed by atoms with Gasteiger partial charge in [0, 0.05) is 18.4 Å². The van der Waals surface area contributed by atoms with E-state index in [2.05, 4.69) is 30.2 Å². The van der Waals surface area contributed by atoms with Gasteiger partial charge in [0.25, 0.3) is 0 Å². The van der Waals surface area contributed by atoms with E-state index in [1.165, 1.54) is 56.1 Å². The number of hydrogen-bond donors (Lipinski definition) is 1. The number of nitrogens with zero attached hydrogens (tertiary/aromatic N) is 1. The molecule has 2 rings (SSSR count). The smallest absolute Gasteiger partial charge is 0.0352 e. The van der Waals surface area contributed by atoms with E-state index in [0.29, 0.717) is 6.04 Å². The van der Waals surface area contributed by atoms with Crippen LogP contribution in [0.1, 0.15) is 69.0 Å². The molecule has 0 amide bonds. The average Bonchev–Trinajstić information content (AvgIpc) is 2.70. The molecule has 1 aliphatic rings. The molecule has 0 saturated heterocycles. The molecule has 2 heteroatoms. The number of pyridine rings is 1. The van der Waals surface area contributed by atoms with Crippen molar-refractivity contribution < 1.29 is 0 Å². The Bertz CT molecular complexity index is 367. The first-order chi connectivity index (χ1) is 9.33. The highest BCUT2D eigenvalue weighted by Gasteiger charge is 2.24. The number of rotatable bonds is 5. The van der Waals surface area contributed by atoms with Crippen LogP contribution in [-0.4, -0.2) is 11.5 Å². The lowest BCUT2D eigenvalue weighted by atomic mass is 9.86. The van der Waals surface area contributed by atoms with Gasteiger partial charge in [-0.3, -0.25) is 4.98 Å². The fraction of sp³-hybridized carbons (Fsp3) is 0.706. The van der Waals surface area contributed by atoms with E-state index >= 15 is 0 Å². The van der Waals surface area contributed by atoms with Crippen molar-refractivity contribution in [3.8, 4) is 0 Å². The van der Waals surface area contributed by atoms with Crippen molar-refractivity contribution in [3.05, 3.63) is 29.6 Å². The van der Waals surface area contributed by atoms with Crippen LogP contribution in [0.2, 0.25) is 0 Å². The van der Waals surface area contributed by atoms with Crippen molar-refractivity contribution in [1.82, 2.24) is 10.3 Å². The summed E-state index contributed by atoms with van der Waals surface area (Å²) in [4.78, 5) is 4.24. The largest absolute Gasteiger partial charge is 0.310 e. The van der Waals surface area contributed by atoms with Crippen LogP contribution in [0.4, 0.5) is 0 Å². The van der Waals surface area contributed by atoms with Gasteiger partial charge in [0.05, 0.1) is 0 Å². The van der Waals surface area contributed by atoms with Gasteiger partial charge in [0.1, 0.15) is 0 Å². The molecule has 1 N–H and O–H groups in total. The molecule has 0 aromatic carbocycles. The minimum atomic E-state index is 0.529. The van der Waals surface area contributed by atoms with Crippen molar-refractivity contribution in [3.63, 3.8) is 0 Å². The third-order valence-corrected chi connectivity index (χ3v) is 4.38. The molecular weight excluding hydrogens is 232 g/mol. The summed E-state index contributed by atoms with van der Waals surface area (Å²) in [5.74, 6) is 0.801. The van der Waals surface area contributed by atoms with Gasteiger partial charge in [-0.05, 0) is 55.8 Å². The number of aryl methyl sites for hydroxylation is 1. The summed E-state index contributed by atoms with van der Waals surface area (Å²) in [5.41, 5.74) is 2.80. The zero-order valence-electron chi connectivity index (χ0n) is 12.5. The normalized spacial score (nSPS) is 19.1. The van der Waals surface area contributed by atoms with E-state index < -0.39 is 0 Å². The van der Waals surface area contributed by atoms with Crippen molar-refractivity contribution in [2.45, 2.75) is 64.8 Å². The van der Waals surface area contributed by atoms with Crippen molar-refractivity contribution in [1.29, 1.82) is 0 Å². The summed E-state index contributed by atoms with van der Waals surface area (Å²) in [5, 5.41) is 3.80. The Morgan fingerprint density at radius 2 is 2.00 bits per heavy atom. The predicted molar refractivity (Wildman–Crippen MR) is 81.2 cm³/mol. The van der Waals surface area contributed by atoms with Crippen molar-refractivity contribution in [2.75, 3.05) is 6.54 Å². The molecule has 0 radical (unpaired) electrons. The van der Waals surface area contributed by atoms with Gasteiger partial charge in [0.15, 0.2) is 0 Å². The summed E-state index contributed by atoms with van der Waals surface area (Å²) in [6.07, 6.45) is 13.6. The molecule has 106 valence electrons. The molecule has 1 atom stereocenters. The lowest BCUT2D eigenvalue weighted by Crippen LogP contribution is -2.29. The first kappa shape index (κ1) is 14.5. The lowest BCUT2D eigenvalue weighted by Gasteiger charge is -2.29. The van der Waals surface area contributed by atoms with Crippen LogP contribution in [0.5, 0.6) is 0 Å². The maximum Gasteiger partial charge on any atom is 0.0352 e. The zero-order chi connectivity index (χ0) is 13.5. The molecular formula is C17H28N2. The van der Waals surface area contributed by atoms with Gasteiger partial charge in [-0.25, -0.2) is 0 Å². The molecule has 19 heavy (non-hydrogen) atoms. The Labute approximate surface area is 118 Å². The van der Waals surface area contributed by atoms with Crippen LogP contribution in [0.3, 0.4) is 0 Å². The standard InChI is InChI=1S/C17H28N2/c1-3-11-19-17(15-8-6-4-5-7-9-15)16-10-12-18-13-14(16)2/h10,12-13,15,17,19H,3-9,11H2,1-2H3. The number of nitrogens with one attached hydrogen (secondary N) is 1. The molecule has 0 aliphatic heterocycles. The lowest BCUT2D eigenvalue weighted by molar-refractivity contribution is 0.324. The number of aromatic nitrogens is 1. The first-order valence-electron chi connectivity index (χ1n) is 7.96. The third-order valence-electron chi connectivity index (χ3n) is 4.38. The minimum absolute atomic E-state index is 0.529. The quantitative estimate of drug-likeness (QED) is 0.794. The summed E-state index contributed by atoms with van der Waals surface area (Å²) in [7, 11) is 0. The van der Waals surface area contributed by atoms with Gasteiger partial charge in [-0.15, -0.1) is 0 Å². The Hall–Kier alpha value is -0.890. The maximum atomic E-state index is 4.24. The van der Waals surface area contributed by atoms with E-state index in [9.17, 15) is 0 Å². The molecule has 1 unspecified atom stereocenters. The molecule has 1 fully saturated rings. The number of hydrogen-bond acceptors (Lipinski definition) is 2. The SMILES string of the molecule is CCCNC(c1ccncc1C)C1CCCCCC1. The van der Waals surface area contributed by atoms with Gasteiger partial charge in [-0.2, -0.15) is 0 Å². The van der Waals surface area contributed by atoms with E-state index in [-0.39, 0.29) is 0 Å². The fourth-order valence-corrected chi connectivity index (χ4v) is 3.31. The fourth-order valence-electron chi connectivity index (χ4n) is 3.31. The highest BCUT2D eigenvalue weighted by molar-refractivity contribution is 5.26. The van der Waals surface area contributed by atoms with Gasteiger partial charge >= 0.3 is 0 Å². The zero-order valence-corrected chi connectivity index (χ0v) is 12.5. The minimum Gasteiger partial charge on any atom is -0.310 e. The molecule has 1 aliphatic carbocycles. The Morgan fingerprint density at radius 3 is 2.63 bits per heavy atom. The maximum absolute atomic E-state index is 4.24. The van der Waals surface area contributed by atoms with Crippen molar-refractivity contribution >= 4 is 0 Å². The van der Waals surface area contributed by atoms with E-state index in [1.807, 2.05) is 12.4 Å². The molecule has 2 nitrogen and oxygen atoms in total. The molecule has 1 aromatic heterocycles. The topological polar surface area (TPSA) is 24.9 Å². The summed E-state index contributed by atoms with van der Waals surface area (Å²) >= 11 is 0. The van der Waals surface area contributed by atoms with E-state index in [1.54, 1.807) is 0 Å². The van der Waals surface area contributed by atoms with Crippen LogP contribution in [0.15, 0.2) is 18.5 Å². The molecule has 0 spiro atoms. The Balaban J connectivity index is 2.16. The second-order valence-electron chi connectivity index (χ2n) is 5.92. The highest BCUT2D eigenvalue weighted by atomic mass is 14.9. The van der Waals surface area contributed by atoms with E-state index in [0.717, 1.165) is 12.5 Å². The molecule has 0 bridgehead atoms. The van der Waals surface area contributed by atoms with Crippen LogP contribution in [0, 0.1) is 12.8 Å². The van der Waals surface area contributed by atoms with Crippen molar-refractivity contribution in [2.24, 2.45) is 5.92 Å². The van der Waals surface area contributed by atoms with Crippen LogP contribution in [-0.2, 0) is 0 Å². The predicted octanol–water partition coefficient (Wildman–Crippen LogP) is 4.40. The Morgan fingerprint density at radius 1 is 1.26 bits per heavy atom. The summed E-state index contributed by atoms with van der Waals surface area (Å²) in [6, 6.07) is 2.74. The second kappa shape index (κ2) is 7.64. The second-order valence-corrected chi connectivity index (χ2v) is 5.92. The average molecular weight is 260 g/mol. The van der Waals surface area contributed by atoms with Crippen LogP contribution >= 0.6 is 0 Å². The van der Waals surface area contributed by atoms with Crippen LogP contribution < -0.4 is 5.32 Å². The third kappa shape index (κ3) is 4.04. The monoisotopic (exact) mass is 260 g/mol. The summed E-state index contributed by atoms with van der Waals surface area (Å²) in [6.45, 7) is 5.55. The summed E-state index contributed by atoms with van der Waals surface area (Å²) < 4.78 is 0.